The molecule has 3 aromatic rings. The number of nitrogens with one attached hydrogen (secondary N) is 1. The maximum absolute atomic E-state index is 15.0. The van der Waals surface area contributed by atoms with Crippen LogP contribution >= 0.6 is 11.6 Å². The third kappa shape index (κ3) is 3.71. The second-order valence-electron chi connectivity index (χ2n) is 8.42. The number of nitrogens with zero attached hydrogens (tertiary/aromatic N) is 6. The number of β-amino-alcohol motifs (C(OH)–C–C–N with tert-alkyl or cyclic N) is 1. The van der Waals surface area contributed by atoms with Crippen molar-refractivity contribution in [3.05, 3.63) is 29.2 Å². The minimum Gasteiger partial charge on any atom is -0.390 e. The minimum absolute atomic E-state index is 0.151. The fraction of sp³-hybridized carbons (Fsp3) is 0.476. The predicted octanol–water partition coefficient (Wildman–Crippen LogP) is 2.60. The topological polar surface area (TPSA) is 82.3 Å². The highest BCUT2D eigenvalue weighted by molar-refractivity contribution is 6.33. The van der Waals surface area contributed by atoms with Crippen LogP contribution in [0.5, 0.6) is 0 Å². The highest BCUT2D eigenvalue weighted by Crippen LogP contribution is 2.34. The van der Waals surface area contributed by atoms with Gasteiger partial charge in [-0.15, -0.1) is 0 Å². The van der Waals surface area contributed by atoms with Crippen molar-refractivity contribution in [1.82, 2.24) is 24.4 Å². The fourth-order valence-corrected chi connectivity index (χ4v) is 4.65. The van der Waals surface area contributed by atoms with Gasteiger partial charge in [0, 0.05) is 32.2 Å². The molecule has 10 heteroatoms. The highest BCUT2D eigenvalue weighted by atomic mass is 35.5. The van der Waals surface area contributed by atoms with E-state index < -0.39 is 11.9 Å². The molecule has 2 aromatic heterocycles. The number of aliphatic hydroxyl groups excluding tert-OH is 1. The van der Waals surface area contributed by atoms with Crippen LogP contribution in [0.2, 0.25) is 5.02 Å². The van der Waals surface area contributed by atoms with Crippen LogP contribution in [0.15, 0.2) is 18.3 Å². The molecule has 0 saturated carbocycles. The summed E-state index contributed by atoms with van der Waals surface area (Å²) in [6.07, 6.45) is 2.73. The maximum atomic E-state index is 15.0. The van der Waals surface area contributed by atoms with E-state index in [9.17, 15) is 5.11 Å². The number of rotatable bonds is 3. The molecular formula is C21H25ClFN7O. The van der Waals surface area contributed by atoms with Crippen molar-refractivity contribution in [1.29, 1.82) is 0 Å². The number of likely N-dealkylation sites (N-methyl/N-ethyl adjacent to an activating group) is 1. The second-order valence-corrected chi connectivity index (χ2v) is 8.83. The van der Waals surface area contributed by atoms with Gasteiger partial charge in [0.1, 0.15) is 5.52 Å². The summed E-state index contributed by atoms with van der Waals surface area (Å²) in [4.78, 5) is 17.5. The summed E-state index contributed by atoms with van der Waals surface area (Å²) in [6, 6.07) is 3.15. The Morgan fingerprint density at radius 1 is 1.19 bits per heavy atom. The lowest BCUT2D eigenvalue weighted by Crippen LogP contribution is -2.48. The zero-order valence-corrected chi connectivity index (χ0v) is 18.3. The van der Waals surface area contributed by atoms with Gasteiger partial charge in [-0.3, -0.25) is 0 Å². The highest BCUT2D eigenvalue weighted by Gasteiger charge is 2.27. The van der Waals surface area contributed by atoms with Crippen LogP contribution in [0, 0.1) is 5.82 Å². The number of anilines is 2. The molecule has 4 heterocycles. The van der Waals surface area contributed by atoms with Gasteiger partial charge >= 0.3 is 0 Å². The zero-order chi connectivity index (χ0) is 21.7. The third-order valence-electron chi connectivity index (χ3n) is 6.12. The minimum atomic E-state index is -0.523. The monoisotopic (exact) mass is 445 g/mol. The number of halogens is 2. The number of hydrogen-bond acceptors (Lipinski definition) is 7. The molecule has 8 nitrogen and oxygen atoms in total. The van der Waals surface area contributed by atoms with Crippen LogP contribution in [-0.2, 0) is 6.54 Å². The molecule has 2 aliphatic rings. The van der Waals surface area contributed by atoms with Crippen molar-refractivity contribution in [3.63, 3.8) is 0 Å². The molecule has 0 radical (unpaired) electrons. The number of fused-ring (bicyclic) bond motifs is 3. The van der Waals surface area contributed by atoms with E-state index in [-0.39, 0.29) is 6.04 Å². The number of aromatic nitrogens is 4. The molecular weight excluding hydrogens is 421 g/mol. The molecule has 5 rings (SSSR count). The predicted molar refractivity (Wildman–Crippen MR) is 119 cm³/mol. The molecule has 1 saturated heterocycles. The molecule has 0 unspecified atom stereocenters. The van der Waals surface area contributed by atoms with E-state index in [2.05, 4.69) is 25.2 Å². The summed E-state index contributed by atoms with van der Waals surface area (Å²) < 4.78 is 17.0. The lowest BCUT2D eigenvalue weighted by Gasteiger charge is -2.34. The van der Waals surface area contributed by atoms with Gasteiger partial charge in [-0.2, -0.15) is 0 Å². The number of benzene rings is 1. The molecule has 0 bridgehead atoms. The van der Waals surface area contributed by atoms with Gasteiger partial charge in [0.25, 0.3) is 0 Å². The summed E-state index contributed by atoms with van der Waals surface area (Å²) in [5.74, 6) is 0.728. The average Bonchev–Trinajstić information content (AvgIpc) is 3.12. The lowest BCUT2D eigenvalue weighted by atomic mass is 10.0. The Bertz CT molecular complexity index is 1140. The first-order chi connectivity index (χ1) is 14.9. The summed E-state index contributed by atoms with van der Waals surface area (Å²) in [5.41, 5.74) is 2.10. The molecule has 1 fully saturated rings. The van der Waals surface area contributed by atoms with E-state index in [1.54, 1.807) is 0 Å². The zero-order valence-electron chi connectivity index (χ0n) is 17.5. The Balaban J connectivity index is 1.52. The van der Waals surface area contributed by atoms with Crippen LogP contribution in [-0.4, -0.2) is 75.4 Å². The van der Waals surface area contributed by atoms with Crippen molar-refractivity contribution >= 4 is 34.5 Å². The third-order valence-corrected chi connectivity index (χ3v) is 6.40. The van der Waals surface area contributed by atoms with Gasteiger partial charge in [-0.05, 0) is 38.6 Å². The number of likely N-dealkylation sites (tertiary alicyclic amines) is 1. The Morgan fingerprint density at radius 2 is 2.03 bits per heavy atom. The Kier molecular flexibility index (Phi) is 5.19. The quantitative estimate of drug-likeness (QED) is 0.641. The van der Waals surface area contributed by atoms with Gasteiger partial charge < -0.3 is 24.8 Å². The van der Waals surface area contributed by atoms with Gasteiger partial charge in [0.05, 0.1) is 34.6 Å². The summed E-state index contributed by atoms with van der Waals surface area (Å²) in [7, 11) is 3.94. The van der Waals surface area contributed by atoms with Gasteiger partial charge in [0.15, 0.2) is 5.82 Å². The van der Waals surface area contributed by atoms with Gasteiger partial charge in [-0.1, -0.05) is 11.6 Å². The summed E-state index contributed by atoms with van der Waals surface area (Å²) in [5, 5.41) is 13.9. The van der Waals surface area contributed by atoms with Crippen LogP contribution in [0.3, 0.4) is 0 Å². The molecule has 2 atom stereocenters. The SMILES string of the molecule is CN1CC[C@@H](Nc2ncc(Cl)c(-c3cc(F)c4nc5n(c4c3)CCCN5C)n2)[C@H](O)C1. The number of hydrogen-bond donors (Lipinski definition) is 2. The van der Waals surface area contributed by atoms with E-state index in [1.165, 1.54) is 12.3 Å². The lowest BCUT2D eigenvalue weighted by molar-refractivity contribution is 0.0726. The smallest absolute Gasteiger partial charge is 0.223 e. The van der Waals surface area contributed by atoms with Crippen LogP contribution in [0.25, 0.3) is 22.3 Å². The maximum Gasteiger partial charge on any atom is 0.223 e. The molecule has 0 aliphatic carbocycles. The Morgan fingerprint density at radius 3 is 2.84 bits per heavy atom. The number of imidazole rings is 1. The molecule has 0 amide bonds. The normalized spacial score (nSPS) is 22.0. The van der Waals surface area contributed by atoms with Crippen LogP contribution < -0.4 is 10.2 Å². The molecule has 0 spiro atoms. The van der Waals surface area contributed by atoms with Crippen molar-refractivity contribution < 1.29 is 9.50 Å². The standard InChI is InChI=1S/C21H25ClFN7O/c1-28-7-4-15(17(31)11-28)25-20-24-10-13(22)18(26-20)12-8-14(23)19-16(9-12)30-6-3-5-29(2)21(30)27-19/h8-10,15,17,31H,3-7,11H2,1-2H3,(H,24,25,26)/t15-,17-/m1/s1. The van der Waals surface area contributed by atoms with Crippen molar-refractivity contribution in [2.24, 2.45) is 0 Å². The molecule has 164 valence electrons. The summed E-state index contributed by atoms with van der Waals surface area (Å²) in [6.45, 7) is 3.14. The molecule has 1 aromatic carbocycles. The van der Waals surface area contributed by atoms with Gasteiger partial charge in [-0.25, -0.2) is 19.3 Å². The van der Waals surface area contributed by atoms with Crippen molar-refractivity contribution in [2.75, 3.05) is 43.9 Å². The van der Waals surface area contributed by atoms with E-state index in [4.69, 9.17) is 11.6 Å². The van der Waals surface area contributed by atoms with Gasteiger partial charge in [0.2, 0.25) is 11.9 Å². The van der Waals surface area contributed by atoms with Crippen molar-refractivity contribution in [3.8, 4) is 11.3 Å². The number of aliphatic hydroxyl groups is 1. The number of aryl methyl sites for hydroxylation is 1. The van der Waals surface area contributed by atoms with Crippen molar-refractivity contribution in [2.45, 2.75) is 31.5 Å². The molecule has 2 aliphatic heterocycles. The largest absolute Gasteiger partial charge is 0.390 e. The van der Waals surface area contributed by atoms with E-state index in [0.29, 0.717) is 34.3 Å². The van der Waals surface area contributed by atoms with Crippen LogP contribution in [0.1, 0.15) is 12.8 Å². The van der Waals surface area contributed by atoms with Crippen LogP contribution in [0.4, 0.5) is 16.3 Å². The van der Waals surface area contributed by atoms with E-state index in [0.717, 1.165) is 43.9 Å². The Labute approximate surface area is 184 Å². The Hall–Kier alpha value is -2.49. The number of piperidine rings is 1. The average molecular weight is 446 g/mol. The van der Waals surface area contributed by atoms with E-state index >= 15 is 4.39 Å². The second kappa shape index (κ2) is 7.89. The fourth-order valence-electron chi connectivity index (χ4n) is 4.45. The summed E-state index contributed by atoms with van der Waals surface area (Å²) >= 11 is 6.40. The first-order valence-electron chi connectivity index (χ1n) is 10.5. The first kappa shape index (κ1) is 20.4. The molecule has 2 N–H and O–H groups in total. The van der Waals surface area contributed by atoms with E-state index in [1.807, 2.05) is 29.6 Å². The first-order valence-corrected chi connectivity index (χ1v) is 10.9. The molecule has 31 heavy (non-hydrogen) atoms.